The van der Waals surface area contributed by atoms with Crippen LogP contribution >= 0.6 is 0 Å². The van der Waals surface area contributed by atoms with Crippen LogP contribution in [-0.4, -0.2) is 58.7 Å². The summed E-state index contributed by atoms with van der Waals surface area (Å²) in [6.07, 6.45) is 0.429. The number of nitrogens with one attached hydrogen (secondary N) is 1. The van der Waals surface area contributed by atoms with E-state index in [1.807, 2.05) is 78.9 Å². The van der Waals surface area contributed by atoms with E-state index in [4.69, 9.17) is 9.47 Å². The first-order valence-electron chi connectivity index (χ1n) is 14.2. The fraction of sp³-hybridized carbons (Fsp3) is 0.333. The number of likely N-dealkylation sites (tertiary alicyclic amines) is 1. The highest BCUT2D eigenvalue weighted by molar-refractivity contribution is 5.95. The molecule has 0 aromatic heterocycles. The van der Waals surface area contributed by atoms with Crippen molar-refractivity contribution in [2.45, 2.75) is 49.8 Å². The number of carbonyl (C=O) groups excluding carboxylic acids is 3. The van der Waals surface area contributed by atoms with E-state index in [0.29, 0.717) is 12.8 Å². The monoisotopic (exact) mass is 568 g/mol. The zero-order valence-electron chi connectivity index (χ0n) is 23.0. The smallest absolute Gasteiger partial charge is 0.407 e. The van der Waals surface area contributed by atoms with Crippen molar-refractivity contribution < 1.29 is 33.8 Å². The second kappa shape index (κ2) is 11.3. The molecular formula is C33H32N2O7. The standard InChI is InChI=1S/C33H32N2O7/c36-29(41-19-21-9-2-1-3-10-21)17-28(30(37)35-16-8-11-22-18-33(22,35)31(38)39)34-32(40)42-20-27-25-14-6-4-12-23(25)24-13-5-7-15-26(24)27/h1-7,9-10,12-15,22,27-28H,8,11,16-20H2,(H,34,40)(H,38,39)/t22-,28+,33+/m1/s1. The summed E-state index contributed by atoms with van der Waals surface area (Å²) in [5.74, 6) is -2.69. The zero-order chi connectivity index (χ0) is 29.3. The Morgan fingerprint density at radius 3 is 2.21 bits per heavy atom. The molecule has 0 unspecified atom stereocenters. The Bertz CT molecular complexity index is 1480. The van der Waals surface area contributed by atoms with Crippen LogP contribution in [-0.2, 0) is 30.5 Å². The number of piperidine rings is 1. The van der Waals surface area contributed by atoms with E-state index in [0.717, 1.165) is 34.2 Å². The minimum atomic E-state index is -1.33. The fourth-order valence-electron chi connectivity index (χ4n) is 6.50. The lowest BCUT2D eigenvalue weighted by Crippen LogP contribution is -2.58. The maximum absolute atomic E-state index is 13.8. The van der Waals surface area contributed by atoms with Crippen LogP contribution < -0.4 is 5.32 Å². The number of esters is 1. The van der Waals surface area contributed by atoms with Crippen molar-refractivity contribution in [2.24, 2.45) is 5.92 Å². The van der Waals surface area contributed by atoms with Gasteiger partial charge in [-0.05, 0) is 53.0 Å². The summed E-state index contributed by atoms with van der Waals surface area (Å²) in [7, 11) is 0. The lowest BCUT2D eigenvalue weighted by molar-refractivity contribution is -0.157. The number of benzene rings is 3. The van der Waals surface area contributed by atoms with Crippen molar-refractivity contribution in [1.82, 2.24) is 10.2 Å². The molecule has 216 valence electrons. The van der Waals surface area contributed by atoms with Crippen molar-refractivity contribution in [2.75, 3.05) is 13.2 Å². The van der Waals surface area contributed by atoms with Crippen LogP contribution in [0.5, 0.6) is 0 Å². The van der Waals surface area contributed by atoms with Crippen molar-refractivity contribution in [3.05, 3.63) is 95.6 Å². The van der Waals surface area contributed by atoms with Gasteiger partial charge >= 0.3 is 18.0 Å². The van der Waals surface area contributed by atoms with Crippen molar-refractivity contribution in [1.29, 1.82) is 0 Å². The number of rotatable bonds is 9. The van der Waals surface area contributed by atoms with Gasteiger partial charge in [0.05, 0.1) is 6.42 Å². The second-order valence-corrected chi connectivity index (χ2v) is 11.1. The van der Waals surface area contributed by atoms with Crippen molar-refractivity contribution >= 4 is 23.9 Å². The number of hydrogen-bond acceptors (Lipinski definition) is 6. The van der Waals surface area contributed by atoms with E-state index in [-0.39, 0.29) is 31.6 Å². The lowest BCUT2D eigenvalue weighted by atomic mass is 9.98. The SMILES string of the molecule is O=C(C[C@H](NC(=O)OCC1c2ccccc2-c2ccccc21)C(=O)N1CCC[C@@H]2C[C@@]21C(=O)O)OCc1ccccc1. The normalized spacial score (nSPS) is 20.9. The largest absolute Gasteiger partial charge is 0.479 e. The first-order chi connectivity index (χ1) is 20.4. The number of aliphatic carboxylic acids is 1. The summed E-state index contributed by atoms with van der Waals surface area (Å²) in [4.78, 5) is 53.3. The molecule has 6 rings (SSSR count). The first kappa shape index (κ1) is 27.5. The molecule has 1 aliphatic heterocycles. The number of hydrogen-bond donors (Lipinski definition) is 2. The summed E-state index contributed by atoms with van der Waals surface area (Å²) in [6, 6.07) is 23.7. The average Bonchev–Trinajstić information content (AvgIpc) is 3.70. The van der Waals surface area contributed by atoms with Crippen molar-refractivity contribution in [3.63, 3.8) is 0 Å². The molecule has 0 bridgehead atoms. The number of alkyl carbamates (subject to hydrolysis) is 1. The number of carboxylic acids is 1. The van der Waals surface area contributed by atoms with Crippen LogP contribution in [0.4, 0.5) is 4.79 Å². The molecule has 1 saturated carbocycles. The number of amides is 2. The average molecular weight is 569 g/mol. The van der Waals surface area contributed by atoms with Crippen LogP contribution in [0.2, 0.25) is 0 Å². The molecule has 3 aromatic rings. The molecule has 2 fully saturated rings. The molecule has 1 saturated heterocycles. The van der Waals surface area contributed by atoms with Gasteiger partial charge in [0.25, 0.3) is 0 Å². The highest BCUT2D eigenvalue weighted by atomic mass is 16.5. The Morgan fingerprint density at radius 2 is 1.55 bits per heavy atom. The summed E-state index contributed by atoms with van der Waals surface area (Å²) >= 11 is 0. The summed E-state index contributed by atoms with van der Waals surface area (Å²) < 4.78 is 11.0. The van der Waals surface area contributed by atoms with Gasteiger partial charge in [-0.2, -0.15) is 0 Å². The van der Waals surface area contributed by atoms with Gasteiger partial charge in [0.1, 0.15) is 24.8 Å². The van der Waals surface area contributed by atoms with Crippen molar-refractivity contribution in [3.8, 4) is 11.1 Å². The highest BCUT2D eigenvalue weighted by Crippen LogP contribution is 2.54. The number of carboxylic acid groups (broad SMARTS) is 1. The summed E-state index contributed by atoms with van der Waals surface area (Å²) in [5.41, 5.74) is 3.74. The second-order valence-electron chi connectivity index (χ2n) is 11.1. The molecule has 3 aliphatic rings. The third-order valence-corrected chi connectivity index (χ3v) is 8.67. The first-order valence-corrected chi connectivity index (χ1v) is 14.2. The minimum Gasteiger partial charge on any atom is -0.479 e. The third-order valence-electron chi connectivity index (χ3n) is 8.67. The topological polar surface area (TPSA) is 122 Å². The maximum Gasteiger partial charge on any atom is 0.407 e. The quantitative estimate of drug-likeness (QED) is 0.365. The Kier molecular flexibility index (Phi) is 7.41. The van der Waals surface area contributed by atoms with Crippen LogP contribution in [0.1, 0.15) is 48.3 Å². The van der Waals surface area contributed by atoms with E-state index in [1.165, 1.54) is 4.90 Å². The van der Waals surface area contributed by atoms with Crippen LogP contribution in [0.15, 0.2) is 78.9 Å². The van der Waals surface area contributed by atoms with Crippen LogP contribution in [0, 0.1) is 5.92 Å². The van der Waals surface area contributed by atoms with Crippen LogP contribution in [0.25, 0.3) is 11.1 Å². The molecule has 0 radical (unpaired) electrons. The van der Waals surface area contributed by atoms with Gasteiger partial charge in [0.2, 0.25) is 5.91 Å². The Hall–Kier alpha value is -4.66. The Labute approximate surface area is 243 Å². The molecule has 2 amide bonds. The van der Waals surface area contributed by atoms with Gasteiger partial charge in [-0.25, -0.2) is 9.59 Å². The highest BCUT2D eigenvalue weighted by Gasteiger charge is 2.67. The number of carbonyl (C=O) groups is 4. The molecular weight excluding hydrogens is 536 g/mol. The summed E-state index contributed by atoms with van der Waals surface area (Å²) in [6.45, 7) is 0.282. The predicted octanol–water partition coefficient (Wildman–Crippen LogP) is 4.49. The van der Waals surface area contributed by atoms with E-state index in [9.17, 15) is 24.3 Å². The molecule has 9 heteroatoms. The molecule has 9 nitrogen and oxygen atoms in total. The van der Waals surface area contributed by atoms with Gasteiger partial charge in [0.15, 0.2) is 0 Å². The van der Waals surface area contributed by atoms with E-state index < -0.39 is 41.9 Å². The number of ether oxygens (including phenoxy) is 2. The van der Waals surface area contributed by atoms with Gasteiger partial charge in [-0.3, -0.25) is 9.59 Å². The van der Waals surface area contributed by atoms with Crippen LogP contribution in [0.3, 0.4) is 0 Å². The van der Waals surface area contributed by atoms with E-state index in [2.05, 4.69) is 5.32 Å². The maximum atomic E-state index is 13.8. The lowest BCUT2D eigenvalue weighted by Gasteiger charge is -2.36. The van der Waals surface area contributed by atoms with Gasteiger partial charge in [-0.1, -0.05) is 78.9 Å². The zero-order valence-corrected chi connectivity index (χ0v) is 23.0. The molecule has 0 spiro atoms. The summed E-state index contributed by atoms with van der Waals surface area (Å²) in [5, 5.41) is 12.5. The molecule has 3 atom stereocenters. The Balaban J connectivity index is 1.16. The third kappa shape index (κ3) is 5.11. The molecule has 3 aromatic carbocycles. The Morgan fingerprint density at radius 1 is 0.905 bits per heavy atom. The molecule has 42 heavy (non-hydrogen) atoms. The molecule has 2 N–H and O–H groups in total. The van der Waals surface area contributed by atoms with Gasteiger partial charge < -0.3 is 24.8 Å². The van der Waals surface area contributed by atoms with Gasteiger partial charge in [0, 0.05) is 12.5 Å². The fourth-order valence-corrected chi connectivity index (χ4v) is 6.50. The van der Waals surface area contributed by atoms with Gasteiger partial charge in [-0.15, -0.1) is 0 Å². The number of fused-ring (bicyclic) bond motifs is 4. The van der Waals surface area contributed by atoms with E-state index in [1.54, 1.807) is 0 Å². The predicted molar refractivity (Wildman–Crippen MR) is 152 cm³/mol. The minimum absolute atomic E-state index is 0.0103. The molecule has 1 heterocycles. The number of nitrogens with zero attached hydrogens (tertiary/aromatic N) is 1. The van der Waals surface area contributed by atoms with E-state index >= 15 is 0 Å². The molecule has 2 aliphatic carbocycles.